The Kier molecular flexibility index (Phi) is 3.86. The molecule has 0 bridgehead atoms. The van der Waals surface area contributed by atoms with E-state index in [0.717, 1.165) is 5.56 Å². The lowest BCUT2D eigenvalue weighted by atomic mass is 10.2. The molecule has 0 saturated heterocycles. The Morgan fingerprint density at radius 2 is 1.96 bits per heavy atom. The molecule has 2 heterocycles. The first kappa shape index (κ1) is 14.9. The zero-order valence-electron chi connectivity index (χ0n) is 11.5. The number of hydrogen-bond donors (Lipinski definition) is 0. The van der Waals surface area contributed by atoms with Crippen LogP contribution in [0.25, 0.3) is 6.08 Å². The minimum atomic E-state index is -0.630. The predicted molar refractivity (Wildman–Crippen MR) is 82.9 cm³/mol. The van der Waals surface area contributed by atoms with Gasteiger partial charge in [0.2, 0.25) is 5.90 Å². The number of carbonyl (C=O) groups excluding carboxylic acids is 1. The van der Waals surface area contributed by atoms with Crippen LogP contribution in [0.2, 0.25) is 5.02 Å². The molecule has 0 amide bonds. The normalized spacial score (nSPS) is 15.4. The summed E-state index contributed by atoms with van der Waals surface area (Å²) in [5, 5.41) is 10.9. The zero-order valence-corrected chi connectivity index (χ0v) is 12.2. The van der Waals surface area contributed by atoms with Crippen LogP contribution in [0.3, 0.4) is 0 Å². The molecule has 0 fully saturated rings. The average Bonchev–Trinajstić information content (AvgIpc) is 2.89. The maximum Gasteiger partial charge on any atom is 0.363 e. The van der Waals surface area contributed by atoms with E-state index in [2.05, 4.69) is 9.98 Å². The summed E-state index contributed by atoms with van der Waals surface area (Å²) in [6, 6.07) is 7.48. The van der Waals surface area contributed by atoms with Gasteiger partial charge in [-0.25, -0.2) is 9.79 Å². The molecule has 3 rings (SSSR count). The van der Waals surface area contributed by atoms with E-state index in [-0.39, 0.29) is 22.3 Å². The molecular formula is C15H8ClN3O4. The number of carbonyl (C=O) groups is 1. The van der Waals surface area contributed by atoms with E-state index in [1.54, 1.807) is 30.6 Å². The summed E-state index contributed by atoms with van der Waals surface area (Å²) in [6.45, 7) is 0. The van der Waals surface area contributed by atoms with Crippen LogP contribution in [0.4, 0.5) is 5.69 Å². The summed E-state index contributed by atoms with van der Waals surface area (Å²) in [5.74, 6) is -0.635. The molecular weight excluding hydrogens is 322 g/mol. The molecule has 1 aromatic carbocycles. The molecule has 0 atom stereocenters. The lowest BCUT2D eigenvalue weighted by Gasteiger charge is -2.00. The van der Waals surface area contributed by atoms with Crippen molar-refractivity contribution in [2.75, 3.05) is 0 Å². The van der Waals surface area contributed by atoms with Crippen LogP contribution < -0.4 is 0 Å². The minimum Gasteiger partial charge on any atom is -0.402 e. The number of pyridine rings is 1. The van der Waals surface area contributed by atoms with E-state index in [4.69, 9.17) is 16.3 Å². The highest BCUT2D eigenvalue weighted by atomic mass is 35.5. The standard InChI is InChI=1S/C15H8ClN3O4/c16-11-2-1-10(8-13(11)19(21)22)14-18-12(15(20)23-14)7-9-3-5-17-6-4-9/h1-8H. The largest absolute Gasteiger partial charge is 0.402 e. The number of aliphatic imine (C=N–C) groups is 1. The van der Waals surface area contributed by atoms with Crippen molar-refractivity contribution in [1.82, 2.24) is 4.98 Å². The van der Waals surface area contributed by atoms with Gasteiger partial charge in [-0.05, 0) is 35.9 Å². The molecule has 1 aliphatic heterocycles. The van der Waals surface area contributed by atoms with E-state index in [1.165, 1.54) is 18.2 Å². The summed E-state index contributed by atoms with van der Waals surface area (Å²) < 4.78 is 5.07. The molecule has 0 unspecified atom stereocenters. The zero-order chi connectivity index (χ0) is 16.4. The molecule has 114 valence electrons. The third kappa shape index (κ3) is 3.09. The van der Waals surface area contributed by atoms with E-state index >= 15 is 0 Å². The van der Waals surface area contributed by atoms with Gasteiger partial charge < -0.3 is 4.74 Å². The number of halogens is 1. The summed E-state index contributed by atoms with van der Waals surface area (Å²) in [4.78, 5) is 30.1. The van der Waals surface area contributed by atoms with Crippen molar-refractivity contribution in [3.8, 4) is 0 Å². The van der Waals surface area contributed by atoms with Gasteiger partial charge in [-0.2, -0.15) is 0 Å². The monoisotopic (exact) mass is 329 g/mol. The van der Waals surface area contributed by atoms with Crippen LogP contribution in [-0.2, 0) is 9.53 Å². The van der Waals surface area contributed by atoms with Crippen molar-refractivity contribution < 1.29 is 14.5 Å². The first-order valence-electron chi connectivity index (χ1n) is 6.41. The number of rotatable bonds is 3. The lowest BCUT2D eigenvalue weighted by molar-refractivity contribution is -0.384. The second-order valence-electron chi connectivity index (χ2n) is 4.54. The van der Waals surface area contributed by atoms with Gasteiger partial charge >= 0.3 is 5.97 Å². The topological polar surface area (TPSA) is 94.7 Å². The highest BCUT2D eigenvalue weighted by molar-refractivity contribution is 6.32. The number of cyclic esters (lactones) is 1. The molecule has 7 nitrogen and oxygen atoms in total. The number of nitrogens with zero attached hydrogens (tertiary/aromatic N) is 3. The molecule has 1 aliphatic rings. The van der Waals surface area contributed by atoms with Gasteiger partial charge in [-0.3, -0.25) is 15.1 Å². The number of benzene rings is 1. The molecule has 0 N–H and O–H groups in total. The molecule has 2 aromatic rings. The van der Waals surface area contributed by atoms with Crippen LogP contribution in [0.1, 0.15) is 11.1 Å². The number of esters is 1. The molecule has 0 radical (unpaired) electrons. The Bertz CT molecular complexity index is 862. The van der Waals surface area contributed by atoms with Crippen LogP contribution in [0.15, 0.2) is 53.4 Å². The Morgan fingerprint density at radius 3 is 2.65 bits per heavy atom. The second kappa shape index (κ2) is 5.98. The fourth-order valence-corrected chi connectivity index (χ4v) is 2.12. The summed E-state index contributed by atoms with van der Waals surface area (Å²) >= 11 is 5.76. The van der Waals surface area contributed by atoms with Gasteiger partial charge in [0.05, 0.1) is 4.92 Å². The summed E-state index contributed by atoms with van der Waals surface area (Å²) in [7, 11) is 0. The van der Waals surface area contributed by atoms with E-state index < -0.39 is 10.9 Å². The molecule has 23 heavy (non-hydrogen) atoms. The van der Waals surface area contributed by atoms with E-state index in [0.29, 0.717) is 5.56 Å². The fraction of sp³-hybridized carbons (Fsp3) is 0. The highest BCUT2D eigenvalue weighted by Crippen LogP contribution is 2.27. The Hall–Kier alpha value is -3.06. The summed E-state index contributed by atoms with van der Waals surface area (Å²) in [6.07, 6.45) is 4.71. The third-order valence-corrected chi connectivity index (χ3v) is 3.34. The van der Waals surface area contributed by atoms with Crippen molar-refractivity contribution >= 4 is 35.2 Å². The van der Waals surface area contributed by atoms with Crippen molar-refractivity contribution in [2.45, 2.75) is 0 Å². The number of ether oxygens (including phenoxy) is 1. The number of aromatic nitrogens is 1. The van der Waals surface area contributed by atoms with E-state index in [1.807, 2.05) is 0 Å². The van der Waals surface area contributed by atoms with Crippen LogP contribution in [0.5, 0.6) is 0 Å². The highest BCUT2D eigenvalue weighted by Gasteiger charge is 2.26. The van der Waals surface area contributed by atoms with Crippen molar-refractivity contribution in [1.29, 1.82) is 0 Å². The third-order valence-electron chi connectivity index (χ3n) is 3.02. The second-order valence-corrected chi connectivity index (χ2v) is 4.95. The fourth-order valence-electron chi connectivity index (χ4n) is 1.94. The quantitative estimate of drug-likeness (QED) is 0.373. The van der Waals surface area contributed by atoms with Gasteiger partial charge in [0.1, 0.15) is 5.02 Å². The maximum absolute atomic E-state index is 11.9. The molecule has 8 heteroatoms. The first-order chi connectivity index (χ1) is 11.0. The van der Waals surface area contributed by atoms with Gasteiger partial charge in [-0.15, -0.1) is 0 Å². The molecule has 0 saturated carbocycles. The number of nitro groups is 1. The minimum absolute atomic E-state index is 0.00350. The van der Waals surface area contributed by atoms with Crippen molar-refractivity contribution in [3.63, 3.8) is 0 Å². The molecule has 0 spiro atoms. The predicted octanol–water partition coefficient (Wildman–Crippen LogP) is 2.99. The average molecular weight is 330 g/mol. The van der Waals surface area contributed by atoms with Gasteiger partial charge in [0, 0.05) is 24.0 Å². The van der Waals surface area contributed by atoms with Crippen molar-refractivity contribution in [3.05, 3.63) is 74.7 Å². The Morgan fingerprint density at radius 1 is 1.22 bits per heavy atom. The van der Waals surface area contributed by atoms with E-state index in [9.17, 15) is 14.9 Å². The Labute approximate surface area is 135 Å². The van der Waals surface area contributed by atoms with Crippen LogP contribution in [-0.4, -0.2) is 21.8 Å². The lowest BCUT2D eigenvalue weighted by Crippen LogP contribution is -2.06. The van der Waals surface area contributed by atoms with Crippen LogP contribution in [0, 0.1) is 10.1 Å². The SMILES string of the molecule is O=C1OC(c2ccc(Cl)c([N+](=O)[O-])c2)=NC1=Cc1ccncc1. The first-order valence-corrected chi connectivity index (χ1v) is 6.79. The molecule has 1 aromatic heterocycles. The van der Waals surface area contributed by atoms with Gasteiger partial charge in [-0.1, -0.05) is 11.6 Å². The van der Waals surface area contributed by atoms with Crippen molar-refractivity contribution in [2.24, 2.45) is 4.99 Å². The molecule has 0 aliphatic carbocycles. The number of hydrogen-bond acceptors (Lipinski definition) is 6. The van der Waals surface area contributed by atoms with Gasteiger partial charge in [0.25, 0.3) is 5.69 Å². The maximum atomic E-state index is 11.9. The van der Waals surface area contributed by atoms with Crippen LogP contribution >= 0.6 is 11.6 Å². The Balaban J connectivity index is 1.97. The van der Waals surface area contributed by atoms with Gasteiger partial charge in [0.15, 0.2) is 5.70 Å². The number of nitro benzene ring substituents is 1. The summed E-state index contributed by atoms with van der Waals surface area (Å²) in [5.41, 5.74) is 0.852. The smallest absolute Gasteiger partial charge is 0.363 e.